The highest BCUT2D eigenvalue weighted by molar-refractivity contribution is 6.42. The highest BCUT2D eigenvalue weighted by atomic mass is 35.5. The predicted molar refractivity (Wildman–Crippen MR) is 80.2 cm³/mol. The molecule has 0 bridgehead atoms. The normalized spacial score (nSPS) is 10.5. The molecule has 2 nitrogen and oxygen atoms in total. The Morgan fingerprint density at radius 1 is 1.05 bits per heavy atom. The Labute approximate surface area is 130 Å². The number of halogens is 4. The van der Waals surface area contributed by atoms with Crippen molar-refractivity contribution in [3.8, 4) is 0 Å². The van der Waals surface area contributed by atoms with E-state index in [0.717, 1.165) is 12.1 Å². The summed E-state index contributed by atoms with van der Waals surface area (Å²) in [7, 11) is 0. The smallest absolute Gasteiger partial charge is 0.258 e. The van der Waals surface area contributed by atoms with E-state index >= 15 is 0 Å². The maximum Gasteiger partial charge on any atom is 0.258 e. The molecule has 0 atom stereocenters. The third-order valence-electron chi connectivity index (χ3n) is 2.94. The predicted octanol–water partition coefficient (Wildman–Crippen LogP) is 4.94. The van der Waals surface area contributed by atoms with Crippen LogP contribution in [-0.2, 0) is 0 Å². The molecule has 0 spiro atoms. The van der Waals surface area contributed by atoms with Crippen LogP contribution < -0.4 is 4.90 Å². The molecule has 0 aliphatic heterocycles. The average Bonchev–Trinajstić information content (AvgIpc) is 2.46. The zero-order valence-electron chi connectivity index (χ0n) is 11.0. The molecular weight excluding hydrogens is 319 g/mol. The van der Waals surface area contributed by atoms with Gasteiger partial charge in [0.2, 0.25) is 0 Å². The minimum absolute atomic E-state index is 0.254. The van der Waals surface area contributed by atoms with Crippen molar-refractivity contribution in [3.63, 3.8) is 0 Å². The van der Waals surface area contributed by atoms with Crippen molar-refractivity contribution in [2.45, 2.75) is 6.92 Å². The molecule has 0 aromatic heterocycles. The van der Waals surface area contributed by atoms with Gasteiger partial charge >= 0.3 is 0 Å². The summed E-state index contributed by atoms with van der Waals surface area (Å²) in [5.74, 6) is -2.34. The second kappa shape index (κ2) is 6.41. The molecule has 2 aromatic carbocycles. The van der Waals surface area contributed by atoms with Crippen LogP contribution in [0.25, 0.3) is 0 Å². The Balaban J connectivity index is 2.37. The molecule has 0 saturated carbocycles. The first-order chi connectivity index (χ1) is 9.93. The lowest BCUT2D eigenvalue weighted by molar-refractivity contribution is 0.0988. The summed E-state index contributed by atoms with van der Waals surface area (Å²) in [6, 6.07) is 7.78. The van der Waals surface area contributed by atoms with Crippen LogP contribution in [0.1, 0.15) is 17.3 Å². The van der Waals surface area contributed by atoms with Crippen LogP contribution in [0.2, 0.25) is 10.0 Å². The Bertz CT molecular complexity index is 691. The third kappa shape index (κ3) is 3.34. The van der Waals surface area contributed by atoms with Crippen LogP contribution in [0.15, 0.2) is 36.4 Å². The second-order valence-corrected chi connectivity index (χ2v) is 5.09. The average molecular weight is 330 g/mol. The molecule has 21 heavy (non-hydrogen) atoms. The quantitative estimate of drug-likeness (QED) is 0.781. The molecule has 0 radical (unpaired) electrons. The molecule has 0 fully saturated rings. The first kappa shape index (κ1) is 15.7. The maximum absolute atomic E-state index is 13.3. The fourth-order valence-corrected chi connectivity index (χ4v) is 2.18. The van der Waals surface area contributed by atoms with Gasteiger partial charge in [0.25, 0.3) is 5.91 Å². The first-order valence-corrected chi connectivity index (χ1v) is 6.91. The van der Waals surface area contributed by atoms with Crippen molar-refractivity contribution in [1.29, 1.82) is 0 Å². The molecule has 0 aliphatic rings. The Hall–Kier alpha value is -1.65. The van der Waals surface area contributed by atoms with Crippen molar-refractivity contribution >= 4 is 34.8 Å². The third-order valence-corrected chi connectivity index (χ3v) is 3.68. The van der Waals surface area contributed by atoms with Gasteiger partial charge in [0.05, 0.1) is 10.0 Å². The van der Waals surface area contributed by atoms with Crippen LogP contribution in [0.3, 0.4) is 0 Å². The van der Waals surface area contributed by atoms with E-state index in [1.807, 2.05) is 0 Å². The van der Waals surface area contributed by atoms with E-state index in [0.29, 0.717) is 17.1 Å². The van der Waals surface area contributed by atoms with Gasteiger partial charge in [0.1, 0.15) is 0 Å². The summed E-state index contributed by atoms with van der Waals surface area (Å²) < 4.78 is 26.3. The number of hydrogen-bond donors (Lipinski definition) is 0. The van der Waals surface area contributed by atoms with Crippen molar-refractivity contribution < 1.29 is 13.6 Å². The minimum Gasteiger partial charge on any atom is -0.309 e. The lowest BCUT2D eigenvalue weighted by Gasteiger charge is -2.21. The van der Waals surface area contributed by atoms with Crippen LogP contribution >= 0.6 is 23.2 Å². The van der Waals surface area contributed by atoms with Gasteiger partial charge in [-0.2, -0.15) is 0 Å². The number of amides is 1. The first-order valence-electron chi connectivity index (χ1n) is 6.16. The molecule has 0 heterocycles. The van der Waals surface area contributed by atoms with Crippen molar-refractivity contribution in [2.24, 2.45) is 0 Å². The molecular formula is C15H11Cl2F2NO. The zero-order chi connectivity index (χ0) is 15.6. The van der Waals surface area contributed by atoms with E-state index in [9.17, 15) is 13.6 Å². The standard InChI is InChI=1S/C15H11Cl2F2NO/c1-2-20(10-4-6-13(18)14(19)8-10)15(21)9-3-5-11(16)12(17)7-9/h3-8H,2H2,1H3. The summed E-state index contributed by atoms with van der Waals surface area (Å²) in [4.78, 5) is 13.8. The SMILES string of the molecule is CCN(C(=O)c1ccc(Cl)c(Cl)c1)c1ccc(F)c(F)c1. The lowest BCUT2D eigenvalue weighted by atomic mass is 10.1. The Morgan fingerprint density at radius 3 is 2.33 bits per heavy atom. The molecule has 6 heteroatoms. The van der Waals surface area contributed by atoms with Gasteiger partial charge in [-0.15, -0.1) is 0 Å². The van der Waals surface area contributed by atoms with Crippen LogP contribution in [-0.4, -0.2) is 12.5 Å². The van der Waals surface area contributed by atoms with E-state index in [4.69, 9.17) is 23.2 Å². The van der Waals surface area contributed by atoms with Crippen LogP contribution in [0.4, 0.5) is 14.5 Å². The highest BCUT2D eigenvalue weighted by Crippen LogP contribution is 2.25. The topological polar surface area (TPSA) is 20.3 Å². The molecule has 0 aliphatic carbocycles. The minimum atomic E-state index is -1.01. The second-order valence-electron chi connectivity index (χ2n) is 4.28. The molecule has 0 unspecified atom stereocenters. The van der Waals surface area contributed by atoms with E-state index in [-0.39, 0.29) is 16.6 Å². The summed E-state index contributed by atoms with van der Waals surface area (Å²) in [5, 5.41) is 0.591. The van der Waals surface area contributed by atoms with Gasteiger partial charge in [-0.1, -0.05) is 23.2 Å². The fraction of sp³-hybridized carbons (Fsp3) is 0.133. The molecule has 0 N–H and O–H groups in total. The number of carbonyl (C=O) groups is 1. The van der Waals surface area contributed by atoms with Gasteiger partial charge in [0.15, 0.2) is 11.6 Å². The summed E-state index contributed by atoms with van der Waals surface area (Å²) in [6.07, 6.45) is 0. The van der Waals surface area contributed by atoms with Crippen molar-refractivity contribution in [3.05, 3.63) is 63.6 Å². The Morgan fingerprint density at radius 2 is 1.76 bits per heavy atom. The number of benzene rings is 2. The van der Waals surface area contributed by atoms with Gasteiger partial charge in [-0.3, -0.25) is 4.79 Å². The largest absolute Gasteiger partial charge is 0.309 e. The molecule has 1 amide bonds. The highest BCUT2D eigenvalue weighted by Gasteiger charge is 2.18. The summed E-state index contributed by atoms with van der Waals surface area (Å²) in [5.41, 5.74) is 0.587. The molecule has 0 saturated heterocycles. The van der Waals surface area contributed by atoms with Gasteiger partial charge in [-0.25, -0.2) is 8.78 Å². The molecule has 2 aromatic rings. The summed E-state index contributed by atoms with van der Waals surface area (Å²) in [6.45, 7) is 2.03. The van der Waals surface area contributed by atoms with Gasteiger partial charge < -0.3 is 4.90 Å². The monoisotopic (exact) mass is 329 g/mol. The zero-order valence-corrected chi connectivity index (χ0v) is 12.6. The van der Waals surface area contributed by atoms with Crippen LogP contribution in [0, 0.1) is 11.6 Å². The van der Waals surface area contributed by atoms with Crippen molar-refractivity contribution in [2.75, 3.05) is 11.4 Å². The maximum atomic E-state index is 13.3. The fourth-order valence-electron chi connectivity index (χ4n) is 1.88. The van der Waals surface area contributed by atoms with E-state index in [2.05, 4.69) is 0 Å². The van der Waals surface area contributed by atoms with Crippen molar-refractivity contribution in [1.82, 2.24) is 0 Å². The number of nitrogens with zero attached hydrogens (tertiary/aromatic N) is 1. The molecule has 110 valence electrons. The van der Waals surface area contributed by atoms with E-state index in [1.165, 1.54) is 29.2 Å². The molecule has 2 rings (SSSR count). The van der Waals surface area contributed by atoms with E-state index < -0.39 is 11.6 Å². The van der Waals surface area contributed by atoms with Crippen LogP contribution in [0.5, 0.6) is 0 Å². The summed E-state index contributed by atoms with van der Waals surface area (Å²) >= 11 is 11.7. The van der Waals surface area contributed by atoms with E-state index in [1.54, 1.807) is 6.92 Å². The number of rotatable bonds is 3. The number of carbonyl (C=O) groups excluding carboxylic acids is 1. The lowest BCUT2D eigenvalue weighted by Crippen LogP contribution is -2.30. The number of hydrogen-bond acceptors (Lipinski definition) is 1. The van der Waals surface area contributed by atoms with Gasteiger partial charge in [-0.05, 0) is 37.3 Å². The number of anilines is 1. The van der Waals surface area contributed by atoms with Gasteiger partial charge in [0, 0.05) is 23.9 Å². The Kier molecular flexibility index (Phi) is 4.80.